The molecule has 0 radical (unpaired) electrons. The Balaban J connectivity index is 1.72. The van der Waals surface area contributed by atoms with Crippen LogP contribution >= 0.6 is 0 Å². The van der Waals surface area contributed by atoms with Crippen LogP contribution in [0.25, 0.3) is 5.69 Å². The first-order chi connectivity index (χ1) is 12.7. The maximum Gasteiger partial charge on any atom is 0.276 e. The molecule has 1 aliphatic carbocycles. The Labute approximate surface area is 152 Å². The average molecular weight is 347 g/mol. The van der Waals surface area contributed by atoms with Crippen LogP contribution in [-0.4, -0.2) is 20.8 Å². The fourth-order valence-electron chi connectivity index (χ4n) is 3.48. The number of nitrogens with zero attached hydrogens (tertiary/aromatic N) is 2. The number of benzene rings is 2. The lowest BCUT2D eigenvalue weighted by molar-refractivity contribution is 0.102. The van der Waals surface area contributed by atoms with Gasteiger partial charge < -0.3 is 10.4 Å². The minimum atomic E-state index is -0.205. The van der Waals surface area contributed by atoms with Gasteiger partial charge in [0, 0.05) is 16.9 Å². The van der Waals surface area contributed by atoms with E-state index in [1.807, 2.05) is 35.0 Å². The lowest BCUT2D eigenvalue weighted by atomic mass is 10.1. The maximum atomic E-state index is 12.9. The first-order valence-corrected chi connectivity index (χ1v) is 8.99. The Hall–Kier alpha value is -3.08. The number of hydrogen-bond donors (Lipinski definition) is 2. The number of carbonyl (C=O) groups is 1. The molecular formula is C21H21N3O2. The molecule has 0 atom stereocenters. The van der Waals surface area contributed by atoms with E-state index < -0.39 is 0 Å². The van der Waals surface area contributed by atoms with Crippen LogP contribution < -0.4 is 5.32 Å². The predicted molar refractivity (Wildman–Crippen MR) is 101 cm³/mol. The van der Waals surface area contributed by atoms with E-state index >= 15 is 0 Å². The van der Waals surface area contributed by atoms with Gasteiger partial charge in [-0.2, -0.15) is 5.10 Å². The van der Waals surface area contributed by atoms with E-state index in [1.54, 1.807) is 24.3 Å². The quantitative estimate of drug-likeness (QED) is 0.554. The summed E-state index contributed by atoms with van der Waals surface area (Å²) in [5.41, 5.74) is 4.32. The van der Waals surface area contributed by atoms with Gasteiger partial charge in [-0.25, -0.2) is 4.68 Å². The minimum Gasteiger partial charge on any atom is -0.508 e. The first kappa shape index (κ1) is 16.4. The molecule has 0 aliphatic heterocycles. The van der Waals surface area contributed by atoms with Crippen LogP contribution in [0.5, 0.6) is 5.75 Å². The summed E-state index contributed by atoms with van der Waals surface area (Å²) in [5.74, 6) is -0.0336. The molecule has 4 rings (SSSR count). The number of aromatic nitrogens is 2. The van der Waals surface area contributed by atoms with Gasteiger partial charge in [0.25, 0.3) is 5.91 Å². The summed E-state index contributed by atoms with van der Waals surface area (Å²) >= 11 is 0. The molecular weight excluding hydrogens is 326 g/mol. The lowest BCUT2D eigenvalue weighted by Crippen LogP contribution is -2.15. The van der Waals surface area contributed by atoms with Gasteiger partial charge >= 0.3 is 0 Å². The molecule has 5 nitrogen and oxygen atoms in total. The van der Waals surface area contributed by atoms with Crippen molar-refractivity contribution in [1.82, 2.24) is 9.78 Å². The zero-order chi connectivity index (χ0) is 17.9. The normalized spacial score (nSPS) is 13.7. The molecule has 0 unspecified atom stereocenters. The summed E-state index contributed by atoms with van der Waals surface area (Å²) in [6.45, 7) is 0. The van der Waals surface area contributed by atoms with Crippen LogP contribution in [0.15, 0.2) is 54.6 Å². The zero-order valence-electron chi connectivity index (χ0n) is 14.5. The fraction of sp³-hybridized carbons (Fsp3) is 0.238. The number of nitrogens with one attached hydrogen (secondary N) is 1. The summed E-state index contributed by atoms with van der Waals surface area (Å²) in [6.07, 6.45) is 5.17. The second-order valence-electron chi connectivity index (χ2n) is 6.58. The molecule has 1 heterocycles. The van der Waals surface area contributed by atoms with Crippen molar-refractivity contribution in [2.45, 2.75) is 32.1 Å². The highest BCUT2D eigenvalue weighted by Gasteiger charge is 2.24. The molecule has 1 amide bonds. The zero-order valence-corrected chi connectivity index (χ0v) is 14.5. The summed E-state index contributed by atoms with van der Waals surface area (Å²) in [7, 11) is 0. The summed E-state index contributed by atoms with van der Waals surface area (Å²) in [4.78, 5) is 12.9. The number of aromatic hydroxyl groups is 1. The van der Waals surface area contributed by atoms with Gasteiger partial charge in [-0.3, -0.25) is 4.79 Å². The SMILES string of the molecule is O=C(Nc1ccc(O)cc1)c1nn(-c2ccccc2)c2c1CCCCC2. The Morgan fingerprint density at radius 2 is 1.69 bits per heavy atom. The van der Waals surface area contributed by atoms with Crippen molar-refractivity contribution in [1.29, 1.82) is 0 Å². The van der Waals surface area contributed by atoms with Crippen molar-refractivity contribution < 1.29 is 9.90 Å². The van der Waals surface area contributed by atoms with E-state index in [9.17, 15) is 9.90 Å². The van der Waals surface area contributed by atoms with Gasteiger partial charge in [-0.1, -0.05) is 24.6 Å². The number of amides is 1. The van der Waals surface area contributed by atoms with Crippen molar-refractivity contribution in [3.8, 4) is 11.4 Å². The number of fused-ring (bicyclic) bond motifs is 1. The number of anilines is 1. The van der Waals surface area contributed by atoms with Gasteiger partial charge in [0.15, 0.2) is 5.69 Å². The lowest BCUT2D eigenvalue weighted by Gasteiger charge is -2.06. The van der Waals surface area contributed by atoms with Crippen LogP contribution in [-0.2, 0) is 12.8 Å². The van der Waals surface area contributed by atoms with E-state index in [0.29, 0.717) is 11.4 Å². The van der Waals surface area contributed by atoms with Crippen LogP contribution in [0, 0.1) is 0 Å². The largest absolute Gasteiger partial charge is 0.508 e. The third kappa shape index (κ3) is 3.20. The smallest absolute Gasteiger partial charge is 0.276 e. The molecule has 0 spiro atoms. The Morgan fingerprint density at radius 1 is 0.962 bits per heavy atom. The van der Waals surface area contributed by atoms with Crippen molar-refractivity contribution in [3.05, 3.63) is 71.5 Å². The van der Waals surface area contributed by atoms with Crippen molar-refractivity contribution >= 4 is 11.6 Å². The molecule has 1 aliphatic rings. The number of hydrogen-bond acceptors (Lipinski definition) is 3. The number of carbonyl (C=O) groups excluding carboxylic acids is 1. The molecule has 0 saturated heterocycles. The summed E-state index contributed by atoms with van der Waals surface area (Å²) in [5, 5.41) is 17.0. The Morgan fingerprint density at radius 3 is 2.46 bits per heavy atom. The van der Waals surface area contributed by atoms with Crippen LogP contribution in [0.3, 0.4) is 0 Å². The monoisotopic (exact) mass is 347 g/mol. The molecule has 5 heteroatoms. The van der Waals surface area contributed by atoms with Crippen LogP contribution in [0.1, 0.15) is 41.0 Å². The molecule has 132 valence electrons. The average Bonchev–Trinajstić information content (AvgIpc) is 2.86. The van der Waals surface area contributed by atoms with Crippen molar-refractivity contribution in [2.24, 2.45) is 0 Å². The number of rotatable bonds is 3. The molecule has 3 aromatic rings. The third-order valence-corrected chi connectivity index (χ3v) is 4.77. The molecule has 2 N–H and O–H groups in total. The van der Waals surface area contributed by atoms with E-state index in [2.05, 4.69) is 10.4 Å². The highest BCUT2D eigenvalue weighted by molar-refractivity contribution is 6.04. The number of phenolic OH excluding ortho intramolecular Hbond substituents is 1. The number of phenols is 1. The molecule has 0 fully saturated rings. The molecule has 0 saturated carbocycles. The highest BCUT2D eigenvalue weighted by atomic mass is 16.3. The summed E-state index contributed by atoms with van der Waals surface area (Å²) < 4.78 is 1.92. The van der Waals surface area contributed by atoms with E-state index in [1.165, 1.54) is 6.42 Å². The van der Waals surface area contributed by atoms with Crippen molar-refractivity contribution in [3.63, 3.8) is 0 Å². The Bertz CT molecular complexity index is 914. The minimum absolute atomic E-state index is 0.172. The molecule has 0 bridgehead atoms. The third-order valence-electron chi connectivity index (χ3n) is 4.77. The second-order valence-corrected chi connectivity index (χ2v) is 6.58. The van der Waals surface area contributed by atoms with Crippen molar-refractivity contribution in [2.75, 3.05) is 5.32 Å². The van der Waals surface area contributed by atoms with Gasteiger partial charge in [-0.05, 0) is 62.1 Å². The topological polar surface area (TPSA) is 67.2 Å². The van der Waals surface area contributed by atoms with Crippen LogP contribution in [0.2, 0.25) is 0 Å². The molecule has 26 heavy (non-hydrogen) atoms. The summed E-state index contributed by atoms with van der Waals surface area (Å²) in [6, 6.07) is 16.4. The number of para-hydroxylation sites is 1. The van der Waals surface area contributed by atoms with Gasteiger partial charge in [0.2, 0.25) is 0 Å². The van der Waals surface area contributed by atoms with E-state index in [4.69, 9.17) is 0 Å². The predicted octanol–water partition coefficient (Wildman–Crippen LogP) is 4.10. The Kier molecular flexibility index (Phi) is 4.44. The molecule has 1 aromatic heterocycles. The van der Waals surface area contributed by atoms with E-state index in [-0.39, 0.29) is 11.7 Å². The van der Waals surface area contributed by atoms with E-state index in [0.717, 1.165) is 42.6 Å². The van der Waals surface area contributed by atoms with Gasteiger partial charge in [-0.15, -0.1) is 0 Å². The van der Waals surface area contributed by atoms with Crippen LogP contribution in [0.4, 0.5) is 5.69 Å². The first-order valence-electron chi connectivity index (χ1n) is 8.99. The highest BCUT2D eigenvalue weighted by Crippen LogP contribution is 2.27. The standard InChI is InChI=1S/C21H21N3O2/c25-17-13-11-15(12-14-17)22-21(26)20-18-9-5-2-6-10-19(18)24(23-20)16-7-3-1-4-8-16/h1,3-4,7-8,11-14,25H,2,5-6,9-10H2,(H,22,26). The maximum absolute atomic E-state index is 12.9. The van der Waals surface area contributed by atoms with Gasteiger partial charge in [0.1, 0.15) is 5.75 Å². The molecule has 2 aromatic carbocycles. The fourth-order valence-corrected chi connectivity index (χ4v) is 3.48. The second kappa shape index (κ2) is 7.04. The van der Waals surface area contributed by atoms with Gasteiger partial charge in [0.05, 0.1) is 5.69 Å².